The van der Waals surface area contributed by atoms with Crippen molar-refractivity contribution in [3.05, 3.63) is 42.0 Å². The van der Waals surface area contributed by atoms with Crippen LogP contribution in [0.3, 0.4) is 0 Å². The van der Waals surface area contributed by atoms with E-state index in [0.29, 0.717) is 6.61 Å². The number of benzene rings is 1. The molecule has 0 saturated carbocycles. The summed E-state index contributed by atoms with van der Waals surface area (Å²) in [6, 6.07) is 8.06. The lowest BCUT2D eigenvalue weighted by atomic mass is 9.92. The standard InChI is InChI=1S/C18H27NO2/c1-6-7-8-12-21-17(20)19-18(4,5)16-11-9-10-15(13-16)14(2)3/h9-11,13H,2,6-8,12H2,1,3-5H3,(H,19,20). The average Bonchev–Trinajstić information content (AvgIpc) is 2.43. The van der Waals surface area contributed by atoms with Gasteiger partial charge in [0.2, 0.25) is 0 Å². The fraction of sp³-hybridized carbons (Fsp3) is 0.500. The van der Waals surface area contributed by atoms with Gasteiger partial charge in [0, 0.05) is 0 Å². The van der Waals surface area contributed by atoms with Crippen molar-refractivity contribution in [1.29, 1.82) is 0 Å². The van der Waals surface area contributed by atoms with E-state index < -0.39 is 5.54 Å². The highest BCUT2D eigenvalue weighted by atomic mass is 16.5. The molecule has 0 aliphatic heterocycles. The third kappa shape index (κ3) is 5.62. The molecular formula is C18H27NO2. The highest BCUT2D eigenvalue weighted by Gasteiger charge is 2.23. The molecule has 1 amide bonds. The van der Waals surface area contributed by atoms with E-state index in [1.54, 1.807) is 0 Å². The summed E-state index contributed by atoms with van der Waals surface area (Å²) < 4.78 is 5.21. The summed E-state index contributed by atoms with van der Waals surface area (Å²) in [6.45, 7) is 12.5. The largest absolute Gasteiger partial charge is 0.450 e. The fourth-order valence-electron chi connectivity index (χ4n) is 2.05. The van der Waals surface area contributed by atoms with E-state index in [1.807, 2.05) is 39.0 Å². The van der Waals surface area contributed by atoms with Crippen molar-refractivity contribution < 1.29 is 9.53 Å². The quantitative estimate of drug-likeness (QED) is 0.727. The topological polar surface area (TPSA) is 38.3 Å². The van der Waals surface area contributed by atoms with Crippen molar-refractivity contribution in [3.8, 4) is 0 Å². The number of carbonyl (C=O) groups excluding carboxylic acids is 1. The van der Waals surface area contributed by atoms with Gasteiger partial charge in [-0.15, -0.1) is 0 Å². The third-order valence-corrected chi connectivity index (χ3v) is 3.47. The average molecular weight is 289 g/mol. The van der Waals surface area contributed by atoms with Gasteiger partial charge in [-0.2, -0.15) is 0 Å². The lowest BCUT2D eigenvalue weighted by molar-refractivity contribution is 0.134. The molecule has 1 aromatic rings. The van der Waals surface area contributed by atoms with Crippen molar-refractivity contribution in [2.45, 2.75) is 52.5 Å². The number of rotatable bonds is 7. The van der Waals surface area contributed by atoms with Crippen molar-refractivity contribution in [1.82, 2.24) is 5.32 Å². The fourth-order valence-corrected chi connectivity index (χ4v) is 2.05. The van der Waals surface area contributed by atoms with Crippen LogP contribution in [0.2, 0.25) is 0 Å². The highest BCUT2D eigenvalue weighted by molar-refractivity contribution is 5.69. The zero-order chi connectivity index (χ0) is 15.9. The summed E-state index contributed by atoms with van der Waals surface area (Å²) in [7, 11) is 0. The molecule has 0 aliphatic carbocycles. The molecule has 0 spiro atoms. The number of hydrogen-bond donors (Lipinski definition) is 1. The first-order chi connectivity index (χ1) is 9.86. The van der Waals surface area contributed by atoms with E-state index in [9.17, 15) is 4.79 Å². The first-order valence-electron chi connectivity index (χ1n) is 7.58. The van der Waals surface area contributed by atoms with Crippen LogP contribution in [0.4, 0.5) is 4.79 Å². The van der Waals surface area contributed by atoms with Crippen LogP contribution in [-0.4, -0.2) is 12.7 Å². The summed E-state index contributed by atoms with van der Waals surface area (Å²) in [6.07, 6.45) is 2.74. The smallest absolute Gasteiger partial charge is 0.407 e. The molecule has 0 aromatic heterocycles. The maximum atomic E-state index is 11.9. The van der Waals surface area contributed by atoms with Gasteiger partial charge in [-0.1, -0.05) is 50.1 Å². The zero-order valence-corrected chi connectivity index (χ0v) is 13.7. The number of hydrogen-bond acceptors (Lipinski definition) is 2. The van der Waals surface area contributed by atoms with Gasteiger partial charge in [-0.25, -0.2) is 4.79 Å². The summed E-state index contributed by atoms with van der Waals surface area (Å²) in [5.74, 6) is 0. The Morgan fingerprint density at radius 2 is 2.05 bits per heavy atom. The molecule has 1 N–H and O–H groups in total. The monoisotopic (exact) mass is 289 g/mol. The van der Waals surface area contributed by atoms with Gasteiger partial charge in [0.15, 0.2) is 0 Å². The van der Waals surface area contributed by atoms with E-state index in [-0.39, 0.29) is 6.09 Å². The van der Waals surface area contributed by atoms with Crippen LogP contribution in [0.1, 0.15) is 58.1 Å². The van der Waals surface area contributed by atoms with Gasteiger partial charge in [0.25, 0.3) is 0 Å². The molecule has 116 valence electrons. The predicted molar refractivity (Wildman–Crippen MR) is 88.2 cm³/mol. The summed E-state index contributed by atoms with van der Waals surface area (Å²) >= 11 is 0. The van der Waals surface area contributed by atoms with Crippen LogP contribution in [0.5, 0.6) is 0 Å². The molecule has 0 radical (unpaired) electrons. The molecule has 3 nitrogen and oxygen atoms in total. The summed E-state index contributed by atoms with van der Waals surface area (Å²) in [5.41, 5.74) is 2.65. The van der Waals surface area contributed by atoms with Crippen LogP contribution in [0.15, 0.2) is 30.8 Å². The Kier molecular flexibility index (Phi) is 6.47. The van der Waals surface area contributed by atoms with Gasteiger partial charge in [-0.3, -0.25) is 0 Å². The maximum absolute atomic E-state index is 11.9. The van der Waals surface area contributed by atoms with Gasteiger partial charge in [0.1, 0.15) is 0 Å². The number of ether oxygens (including phenoxy) is 1. The molecule has 0 fully saturated rings. The Morgan fingerprint density at radius 3 is 2.67 bits per heavy atom. The number of amides is 1. The second-order valence-electron chi connectivity index (χ2n) is 5.95. The lowest BCUT2D eigenvalue weighted by Gasteiger charge is -2.27. The van der Waals surface area contributed by atoms with Crippen LogP contribution >= 0.6 is 0 Å². The molecule has 0 heterocycles. The number of alkyl carbamates (subject to hydrolysis) is 1. The first kappa shape index (κ1) is 17.3. The molecule has 3 heteroatoms. The molecule has 1 aromatic carbocycles. The zero-order valence-electron chi connectivity index (χ0n) is 13.7. The minimum Gasteiger partial charge on any atom is -0.450 e. The second kappa shape index (κ2) is 7.87. The molecule has 1 rings (SSSR count). The molecule has 0 aliphatic rings. The number of unbranched alkanes of at least 4 members (excludes halogenated alkanes) is 2. The SMILES string of the molecule is C=C(C)c1cccc(C(C)(C)NC(=O)OCCCCC)c1. The molecule has 21 heavy (non-hydrogen) atoms. The molecule has 0 atom stereocenters. The Morgan fingerprint density at radius 1 is 1.33 bits per heavy atom. The molecule has 0 saturated heterocycles. The van der Waals surface area contributed by atoms with E-state index in [0.717, 1.165) is 36.0 Å². The number of allylic oxidation sites excluding steroid dienone is 1. The second-order valence-corrected chi connectivity index (χ2v) is 5.95. The van der Waals surface area contributed by atoms with Gasteiger partial charge < -0.3 is 10.1 Å². The van der Waals surface area contributed by atoms with E-state index >= 15 is 0 Å². The summed E-state index contributed by atoms with van der Waals surface area (Å²) in [5, 5.41) is 2.92. The molecule has 0 unspecified atom stereocenters. The molecular weight excluding hydrogens is 262 g/mol. The lowest BCUT2D eigenvalue weighted by Crippen LogP contribution is -2.41. The minimum absolute atomic E-state index is 0.364. The van der Waals surface area contributed by atoms with Crippen molar-refractivity contribution in [3.63, 3.8) is 0 Å². The van der Waals surface area contributed by atoms with Gasteiger partial charge >= 0.3 is 6.09 Å². The highest BCUT2D eigenvalue weighted by Crippen LogP contribution is 2.23. The van der Waals surface area contributed by atoms with Crippen LogP contribution in [0.25, 0.3) is 5.57 Å². The van der Waals surface area contributed by atoms with Crippen molar-refractivity contribution >= 4 is 11.7 Å². The van der Waals surface area contributed by atoms with E-state index in [2.05, 4.69) is 24.9 Å². The minimum atomic E-state index is -0.479. The van der Waals surface area contributed by atoms with Gasteiger partial charge in [-0.05, 0) is 44.4 Å². The Bertz CT molecular complexity index is 492. The third-order valence-electron chi connectivity index (χ3n) is 3.47. The van der Waals surface area contributed by atoms with Crippen LogP contribution < -0.4 is 5.32 Å². The number of carbonyl (C=O) groups is 1. The van der Waals surface area contributed by atoms with Crippen LogP contribution in [0, 0.1) is 0 Å². The predicted octanol–water partition coefficient (Wildman–Crippen LogP) is 4.87. The van der Waals surface area contributed by atoms with Crippen molar-refractivity contribution in [2.75, 3.05) is 6.61 Å². The van der Waals surface area contributed by atoms with Gasteiger partial charge in [0.05, 0.1) is 12.1 Å². The van der Waals surface area contributed by atoms with Crippen LogP contribution in [-0.2, 0) is 10.3 Å². The molecule has 0 bridgehead atoms. The Hall–Kier alpha value is -1.77. The Labute approximate surface area is 128 Å². The normalized spacial score (nSPS) is 11.0. The Balaban J connectivity index is 2.65. The summed E-state index contributed by atoms with van der Waals surface area (Å²) in [4.78, 5) is 11.9. The van der Waals surface area contributed by atoms with E-state index in [4.69, 9.17) is 4.74 Å². The number of nitrogens with one attached hydrogen (secondary N) is 1. The first-order valence-corrected chi connectivity index (χ1v) is 7.58. The van der Waals surface area contributed by atoms with E-state index in [1.165, 1.54) is 0 Å². The maximum Gasteiger partial charge on any atom is 0.407 e. The van der Waals surface area contributed by atoms with Crippen molar-refractivity contribution in [2.24, 2.45) is 0 Å².